The number of fused-ring (bicyclic) bond motifs is 2. The van der Waals surface area contributed by atoms with E-state index < -0.39 is 11.0 Å². The Morgan fingerprint density at radius 1 is 1.03 bits per heavy atom. The third-order valence-corrected chi connectivity index (χ3v) is 7.30. The van der Waals surface area contributed by atoms with Crippen molar-refractivity contribution in [1.82, 2.24) is 9.88 Å². The van der Waals surface area contributed by atoms with E-state index in [2.05, 4.69) is 4.98 Å². The van der Waals surface area contributed by atoms with E-state index in [-0.39, 0.29) is 17.8 Å². The second-order valence-electron chi connectivity index (χ2n) is 9.06. The van der Waals surface area contributed by atoms with Gasteiger partial charge in [0.15, 0.2) is 5.60 Å². The molecule has 7 heteroatoms. The lowest BCUT2D eigenvalue weighted by atomic mass is 9.92. The second-order valence-corrected chi connectivity index (χ2v) is 9.06. The van der Waals surface area contributed by atoms with Gasteiger partial charge in [0, 0.05) is 49.6 Å². The molecule has 1 spiro atoms. The van der Waals surface area contributed by atoms with Crippen LogP contribution in [-0.2, 0) is 25.3 Å². The lowest BCUT2D eigenvalue weighted by Crippen LogP contribution is -2.40. The highest BCUT2D eigenvalue weighted by molar-refractivity contribution is 5.96. The predicted octanol–water partition coefficient (Wildman–Crippen LogP) is 2.54. The number of anilines is 1. The summed E-state index contributed by atoms with van der Waals surface area (Å²) in [5.41, 5.74) is 2.00. The van der Waals surface area contributed by atoms with E-state index in [9.17, 15) is 14.4 Å². The van der Waals surface area contributed by atoms with Crippen LogP contribution in [0.3, 0.4) is 0 Å². The number of ether oxygens (including phenoxy) is 1. The maximum atomic E-state index is 13.6. The highest BCUT2D eigenvalue weighted by Crippen LogP contribution is 2.52. The normalized spacial score (nSPS) is 25.8. The van der Waals surface area contributed by atoms with Crippen molar-refractivity contribution < 1.29 is 19.1 Å². The van der Waals surface area contributed by atoms with Crippen LogP contribution in [0.1, 0.15) is 53.6 Å². The average molecular weight is 417 g/mol. The zero-order valence-electron chi connectivity index (χ0n) is 17.2. The van der Waals surface area contributed by atoms with E-state index in [1.54, 1.807) is 12.4 Å². The van der Waals surface area contributed by atoms with Crippen molar-refractivity contribution in [2.24, 2.45) is 0 Å². The topological polar surface area (TPSA) is 79.8 Å². The van der Waals surface area contributed by atoms with Crippen molar-refractivity contribution in [3.63, 3.8) is 0 Å². The zero-order chi connectivity index (χ0) is 21.2. The molecule has 2 amide bonds. The number of hydrogen-bond donors (Lipinski definition) is 0. The molecule has 0 N–H and O–H groups in total. The summed E-state index contributed by atoms with van der Waals surface area (Å²) in [7, 11) is 0. The average Bonchev–Trinajstić information content (AvgIpc) is 3.18. The molecule has 2 aromatic rings. The van der Waals surface area contributed by atoms with E-state index in [4.69, 9.17) is 4.74 Å². The van der Waals surface area contributed by atoms with Gasteiger partial charge >= 0.3 is 5.97 Å². The van der Waals surface area contributed by atoms with E-state index in [1.165, 1.54) is 0 Å². The lowest BCUT2D eigenvalue weighted by molar-refractivity contribution is -0.134. The fraction of sp³-hybridized carbons (Fsp3) is 0.417. The molecule has 7 nitrogen and oxygen atoms in total. The van der Waals surface area contributed by atoms with Gasteiger partial charge in [-0.1, -0.05) is 12.1 Å². The summed E-state index contributed by atoms with van der Waals surface area (Å²) in [6, 6.07) is 9.74. The Labute approximate surface area is 180 Å². The number of carbonyl (C=O) groups is 3. The molecule has 1 saturated carbocycles. The van der Waals surface area contributed by atoms with Gasteiger partial charge < -0.3 is 14.5 Å². The summed E-state index contributed by atoms with van der Waals surface area (Å²) in [5, 5.41) is 0. The minimum atomic E-state index is -0.749. The number of carbonyl (C=O) groups excluding carboxylic acids is 3. The van der Waals surface area contributed by atoms with Gasteiger partial charge in [0.2, 0.25) is 11.8 Å². The number of hydrogen-bond acceptors (Lipinski definition) is 5. The van der Waals surface area contributed by atoms with Gasteiger partial charge in [0.25, 0.3) is 0 Å². The van der Waals surface area contributed by atoms with Crippen LogP contribution in [0.25, 0.3) is 0 Å². The molecule has 3 aliphatic heterocycles. The summed E-state index contributed by atoms with van der Waals surface area (Å²) in [6.07, 6.45) is 6.95. The molecule has 1 aromatic carbocycles. The number of aromatic nitrogens is 1. The van der Waals surface area contributed by atoms with Crippen LogP contribution in [-0.4, -0.2) is 47.3 Å². The zero-order valence-corrected chi connectivity index (χ0v) is 17.2. The van der Waals surface area contributed by atoms with Gasteiger partial charge in [-0.3, -0.25) is 14.6 Å². The number of likely N-dealkylation sites (tertiary alicyclic amines) is 1. The van der Waals surface area contributed by atoms with Crippen LogP contribution >= 0.6 is 0 Å². The molecule has 31 heavy (non-hydrogen) atoms. The molecule has 0 radical (unpaired) electrons. The Balaban J connectivity index is 1.23. The fourth-order valence-corrected chi connectivity index (χ4v) is 5.44. The molecule has 0 unspecified atom stereocenters. The molecule has 4 aliphatic rings. The lowest BCUT2D eigenvalue weighted by Gasteiger charge is -2.27. The Bertz CT molecular complexity index is 1110. The summed E-state index contributed by atoms with van der Waals surface area (Å²) in [5.74, 6) is -0.0903. The van der Waals surface area contributed by atoms with Crippen molar-refractivity contribution in [3.8, 4) is 0 Å². The smallest absolute Gasteiger partial charge is 0.341 e. The highest BCUT2D eigenvalue weighted by atomic mass is 16.6. The SMILES string of the molecule is O=C1O[C@]2(CCN(C(=O)C3(c4ccc(N5CCCC5=O)cc4)CC3)C2)c2ccncc21. The van der Waals surface area contributed by atoms with Gasteiger partial charge in [-0.25, -0.2) is 4.79 Å². The Hall–Kier alpha value is -3.22. The van der Waals surface area contributed by atoms with Crippen LogP contribution in [0.15, 0.2) is 42.7 Å². The van der Waals surface area contributed by atoms with Gasteiger partial charge in [0.1, 0.15) is 0 Å². The first-order valence-corrected chi connectivity index (χ1v) is 10.9. The van der Waals surface area contributed by atoms with Gasteiger partial charge in [-0.2, -0.15) is 0 Å². The molecule has 2 saturated heterocycles. The standard InChI is InChI=1S/C24H23N3O4/c28-20-2-1-12-27(20)17-5-3-16(4-6-17)23(8-9-23)22(30)26-13-10-24(15-26)19-7-11-25-14-18(19)21(29)31-24/h3-7,11,14H,1-2,8-10,12-13,15H2/t24-/m0/s1. The molecule has 158 valence electrons. The van der Waals surface area contributed by atoms with Crippen molar-refractivity contribution in [2.45, 2.75) is 43.1 Å². The summed E-state index contributed by atoms with van der Waals surface area (Å²) in [4.78, 5) is 45.6. The van der Waals surface area contributed by atoms with Crippen molar-refractivity contribution in [3.05, 3.63) is 59.4 Å². The monoisotopic (exact) mass is 417 g/mol. The van der Waals surface area contributed by atoms with Gasteiger partial charge in [0.05, 0.1) is 17.5 Å². The summed E-state index contributed by atoms with van der Waals surface area (Å²) in [6.45, 7) is 1.71. The largest absolute Gasteiger partial charge is 0.449 e. The van der Waals surface area contributed by atoms with E-state index in [0.717, 1.165) is 42.6 Å². The van der Waals surface area contributed by atoms with Crippen LogP contribution < -0.4 is 4.90 Å². The minimum absolute atomic E-state index is 0.105. The Morgan fingerprint density at radius 2 is 1.84 bits per heavy atom. The third kappa shape index (κ3) is 2.65. The molecule has 1 aliphatic carbocycles. The molecule has 3 fully saturated rings. The van der Waals surface area contributed by atoms with Crippen molar-refractivity contribution in [1.29, 1.82) is 0 Å². The molecule has 0 bridgehead atoms. The fourth-order valence-electron chi connectivity index (χ4n) is 5.44. The first-order valence-electron chi connectivity index (χ1n) is 10.9. The number of esters is 1. The maximum Gasteiger partial charge on any atom is 0.341 e. The summed E-state index contributed by atoms with van der Waals surface area (Å²) < 4.78 is 5.77. The number of nitrogens with zero attached hydrogens (tertiary/aromatic N) is 3. The first kappa shape index (κ1) is 18.5. The Kier molecular flexibility index (Phi) is 3.82. The van der Waals surface area contributed by atoms with Crippen LogP contribution in [0.4, 0.5) is 5.69 Å². The molecule has 4 heterocycles. The minimum Gasteiger partial charge on any atom is -0.449 e. The molecular weight excluding hydrogens is 394 g/mol. The quantitative estimate of drug-likeness (QED) is 0.717. The maximum absolute atomic E-state index is 13.6. The van der Waals surface area contributed by atoms with Gasteiger partial charge in [-0.05, 0) is 43.0 Å². The van der Waals surface area contributed by atoms with E-state index in [0.29, 0.717) is 31.5 Å². The predicted molar refractivity (Wildman–Crippen MR) is 111 cm³/mol. The third-order valence-electron chi connectivity index (χ3n) is 7.30. The van der Waals surface area contributed by atoms with E-state index in [1.807, 2.05) is 40.1 Å². The number of amides is 2. The molecule has 6 rings (SSSR count). The van der Waals surface area contributed by atoms with Crippen LogP contribution in [0.2, 0.25) is 0 Å². The molecular formula is C24H23N3O4. The van der Waals surface area contributed by atoms with Crippen LogP contribution in [0, 0.1) is 0 Å². The second kappa shape index (κ2) is 6.39. The number of rotatable bonds is 3. The van der Waals surface area contributed by atoms with E-state index >= 15 is 0 Å². The molecule has 1 atom stereocenters. The van der Waals surface area contributed by atoms with Crippen LogP contribution in [0.5, 0.6) is 0 Å². The molecule has 1 aromatic heterocycles. The van der Waals surface area contributed by atoms with Gasteiger partial charge in [-0.15, -0.1) is 0 Å². The summed E-state index contributed by atoms with van der Waals surface area (Å²) >= 11 is 0. The highest BCUT2D eigenvalue weighted by Gasteiger charge is 2.57. The first-order chi connectivity index (χ1) is 15.0. The van der Waals surface area contributed by atoms with Crippen molar-refractivity contribution >= 4 is 23.5 Å². The van der Waals surface area contributed by atoms with Crippen molar-refractivity contribution in [2.75, 3.05) is 24.5 Å². The number of pyridine rings is 1. The Morgan fingerprint density at radius 3 is 2.55 bits per heavy atom. The number of benzene rings is 1.